The van der Waals surface area contributed by atoms with Crippen molar-refractivity contribution < 1.29 is 31.4 Å². The van der Waals surface area contributed by atoms with Gasteiger partial charge in [0.15, 0.2) is 5.75 Å². The van der Waals surface area contributed by atoms with E-state index in [1.54, 1.807) is 18.3 Å². The predicted octanol–water partition coefficient (Wildman–Crippen LogP) is 2.58. The molecule has 0 fully saturated rings. The minimum Gasteiger partial charge on any atom is -0.505 e. The van der Waals surface area contributed by atoms with E-state index in [-0.39, 0.29) is 31.1 Å². The van der Waals surface area contributed by atoms with Gasteiger partial charge in [0.2, 0.25) is 25.9 Å². The zero-order valence-electron chi connectivity index (χ0n) is 16.9. The van der Waals surface area contributed by atoms with Crippen molar-refractivity contribution in [3.63, 3.8) is 0 Å². The van der Waals surface area contributed by atoms with Crippen LogP contribution in [0.3, 0.4) is 0 Å². The second-order valence-electron chi connectivity index (χ2n) is 7.39. The summed E-state index contributed by atoms with van der Waals surface area (Å²) in [4.78, 5) is 6.56. The number of aromatic nitrogens is 2. The van der Waals surface area contributed by atoms with E-state index in [1.807, 2.05) is 0 Å². The zero-order valence-corrected chi connectivity index (χ0v) is 18.5. The first-order valence-electron chi connectivity index (χ1n) is 9.16. The van der Waals surface area contributed by atoms with E-state index >= 15 is 0 Å². The van der Waals surface area contributed by atoms with E-state index in [0.717, 1.165) is 24.3 Å². The summed E-state index contributed by atoms with van der Waals surface area (Å²) < 4.78 is 63.5. The summed E-state index contributed by atoms with van der Waals surface area (Å²) >= 11 is 0. The van der Waals surface area contributed by atoms with E-state index < -0.39 is 37.5 Å². The summed E-state index contributed by atoms with van der Waals surface area (Å²) in [6.45, 7) is 0. The molecule has 0 amide bonds. The molecule has 2 aromatic carbocycles. The maximum atomic E-state index is 13.2. The quantitative estimate of drug-likeness (QED) is 0.400. The molecular formula is C20H18FN3O6S2. The number of benzene rings is 2. The topological polar surface area (TPSA) is 141 Å². The van der Waals surface area contributed by atoms with Gasteiger partial charge in [0.25, 0.3) is 0 Å². The van der Waals surface area contributed by atoms with Gasteiger partial charge in [-0.1, -0.05) is 12.1 Å². The van der Waals surface area contributed by atoms with Crippen molar-refractivity contribution in [2.45, 2.75) is 6.42 Å². The molecule has 0 saturated heterocycles. The molecule has 9 nitrogen and oxygen atoms in total. The maximum absolute atomic E-state index is 13.2. The number of H-pyrrole nitrogens is 1. The lowest BCUT2D eigenvalue weighted by Crippen LogP contribution is -2.35. The van der Waals surface area contributed by atoms with Crippen LogP contribution in [0.25, 0.3) is 21.7 Å². The molecule has 0 aliphatic rings. The molecular weight excluding hydrogens is 461 g/mol. The van der Waals surface area contributed by atoms with Crippen molar-refractivity contribution in [1.29, 1.82) is 0 Å². The van der Waals surface area contributed by atoms with Crippen LogP contribution in [0.2, 0.25) is 0 Å². The number of rotatable bonds is 5. The van der Waals surface area contributed by atoms with E-state index in [1.165, 1.54) is 18.2 Å². The average molecular weight is 480 g/mol. The molecule has 0 bridgehead atoms. The Labute approximate surface area is 182 Å². The van der Waals surface area contributed by atoms with Crippen LogP contribution in [-0.4, -0.2) is 49.5 Å². The number of hydrogen-bond acceptors (Lipinski definition) is 7. The number of phenols is 1. The molecule has 0 saturated carbocycles. The third-order valence-corrected chi connectivity index (χ3v) is 8.09. The van der Waals surface area contributed by atoms with Gasteiger partial charge >= 0.3 is 0 Å². The SMILES string of the molecule is CS(=O)(=O)N(c1c2cc(Cc3ccc(F)cc3)c[nH]c2c(O)c2c(O)ncc12)S(C)(=O)=O. The van der Waals surface area contributed by atoms with Gasteiger partial charge in [0, 0.05) is 23.2 Å². The highest BCUT2D eigenvalue weighted by Gasteiger charge is 2.33. The molecule has 0 spiro atoms. The largest absolute Gasteiger partial charge is 0.505 e. The van der Waals surface area contributed by atoms with Gasteiger partial charge in [-0.2, -0.15) is 3.71 Å². The highest BCUT2D eigenvalue weighted by molar-refractivity contribution is 8.09. The third kappa shape index (κ3) is 3.71. The number of fused-ring (bicyclic) bond motifs is 2. The van der Waals surface area contributed by atoms with Gasteiger partial charge in [-0.25, -0.2) is 26.2 Å². The van der Waals surface area contributed by atoms with E-state index in [4.69, 9.17) is 0 Å². The van der Waals surface area contributed by atoms with Gasteiger partial charge in [-0.05, 0) is 35.7 Å². The number of anilines is 1. The number of nitrogens with zero attached hydrogens (tertiary/aromatic N) is 2. The van der Waals surface area contributed by atoms with Crippen LogP contribution in [0.1, 0.15) is 11.1 Å². The molecule has 32 heavy (non-hydrogen) atoms. The smallest absolute Gasteiger partial charge is 0.245 e. The Morgan fingerprint density at radius 3 is 2.22 bits per heavy atom. The van der Waals surface area contributed by atoms with Crippen molar-refractivity contribution in [2.24, 2.45) is 0 Å². The van der Waals surface area contributed by atoms with E-state index in [9.17, 15) is 31.4 Å². The van der Waals surface area contributed by atoms with Crippen LogP contribution in [0.4, 0.5) is 10.1 Å². The van der Waals surface area contributed by atoms with Crippen LogP contribution >= 0.6 is 0 Å². The first kappa shape index (κ1) is 21.8. The number of phenolic OH excluding ortho intramolecular Hbond substituents is 1. The van der Waals surface area contributed by atoms with E-state index in [2.05, 4.69) is 9.97 Å². The lowest BCUT2D eigenvalue weighted by molar-refractivity contribution is 0.453. The molecule has 4 rings (SSSR count). The number of pyridine rings is 1. The summed E-state index contributed by atoms with van der Waals surface area (Å²) in [5, 5.41) is 20.6. The standard InChI is InChI=1S/C20H18FN3O6S2/c1-31(27,28)24(32(2,29)30)18-14-8-12(7-11-3-5-13(21)6-4-11)9-22-17(14)19(25)16-15(18)10-23-20(16)26/h3-6,8-10,22,25-26H,7H2,1-2H3. The molecule has 2 heterocycles. The first-order chi connectivity index (χ1) is 14.9. The summed E-state index contributed by atoms with van der Waals surface area (Å²) in [6.07, 6.45) is 4.42. The van der Waals surface area contributed by atoms with Crippen molar-refractivity contribution in [3.05, 3.63) is 59.7 Å². The molecule has 0 atom stereocenters. The molecule has 12 heteroatoms. The maximum Gasteiger partial charge on any atom is 0.245 e. The predicted molar refractivity (Wildman–Crippen MR) is 118 cm³/mol. The third-order valence-electron chi connectivity index (χ3n) is 4.90. The fraction of sp³-hybridized carbons (Fsp3) is 0.150. The molecule has 0 aliphatic carbocycles. The van der Waals surface area contributed by atoms with Gasteiger partial charge in [-0.3, -0.25) is 0 Å². The van der Waals surface area contributed by atoms with Crippen molar-refractivity contribution in [2.75, 3.05) is 16.2 Å². The monoisotopic (exact) mass is 479 g/mol. The van der Waals surface area contributed by atoms with Crippen molar-refractivity contribution in [3.8, 4) is 11.6 Å². The van der Waals surface area contributed by atoms with Gasteiger partial charge in [0.1, 0.15) is 5.82 Å². The fourth-order valence-corrected chi connectivity index (χ4v) is 6.72. The number of aromatic amines is 1. The Balaban J connectivity index is 2.08. The van der Waals surface area contributed by atoms with Crippen LogP contribution in [-0.2, 0) is 26.5 Å². The Bertz CT molecular complexity index is 1550. The Morgan fingerprint density at radius 2 is 1.62 bits per heavy atom. The molecule has 0 unspecified atom stereocenters. The van der Waals surface area contributed by atoms with Crippen molar-refractivity contribution in [1.82, 2.24) is 9.97 Å². The minimum atomic E-state index is -4.34. The molecule has 3 N–H and O–H groups in total. The highest BCUT2D eigenvalue weighted by atomic mass is 32.3. The van der Waals surface area contributed by atoms with Crippen LogP contribution in [0.15, 0.2) is 42.7 Å². The second-order valence-corrected chi connectivity index (χ2v) is 11.3. The van der Waals surface area contributed by atoms with Gasteiger partial charge < -0.3 is 15.2 Å². The molecule has 0 aliphatic heterocycles. The minimum absolute atomic E-state index is 0.0101. The molecule has 4 aromatic rings. The second kappa shape index (κ2) is 7.35. The Hall–Kier alpha value is -3.38. The zero-order chi connectivity index (χ0) is 23.4. The Morgan fingerprint density at radius 1 is 1.00 bits per heavy atom. The lowest BCUT2D eigenvalue weighted by Gasteiger charge is -2.23. The van der Waals surface area contributed by atoms with Crippen LogP contribution in [0, 0.1) is 5.82 Å². The summed E-state index contributed by atoms with van der Waals surface area (Å²) in [5.41, 5.74) is 1.09. The Kier molecular flexibility index (Phi) is 5.01. The van der Waals surface area contributed by atoms with Crippen LogP contribution in [0.5, 0.6) is 11.6 Å². The van der Waals surface area contributed by atoms with Gasteiger partial charge in [0.05, 0.1) is 29.1 Å². The summed E-state index contributed by atoms with van der Waals surface area (Å²) in [5.74, 6) is -1.38. The molecule has 168 valence electrons. The first-order valence-corrected chi connectivity index (χ1v) is 12.9. The molecule has 2 aromatic heterocycles. The fourth-order valence-electron chi connectivity index (χ4n) is 3.70. The average Bonchev–Trinajstić information content (AvgIpc) is 3.06. The number of aromatic hydroxyl groups is 2. The number of hydrogen-bond donors (Lipinski definition) is 3. The van der Waals surface area contributed by atoms with Crippen LogP contribution < -0.4 is 3.71 Å². The normalized spacial score (nSPS) is 12.5. The van der Waals surface area contributed by atoms with Gasteiger partial charge in [-0.15, -0.1) is 0 Å². The summed E-state index contributed by atoms with van der Waals surface area (Å²) in [7, 11) is -8.68. The molecule has 0 radical (unpaired) electrons. The number of sulfonamides is 2. The highest BCUT2D eigenvalue weighted by Crippen LogP contribution is 2.46. The summed E-state index contributed by atoms with van der Waals surface area (Å²) in [6, 6.07) is 7.29. The van der Waals surface area contributed by atoms with Crippen molar-refractivity contribution >= 4 is 47.4 Å². The number of halogens is 1. The van der Waals surface area contributed by atoms with E-state index in [0.29, 0.717) is 12.0 Å². The number of nitrogens with one attached hydrogen (secondary N) is 1. The lowest BCUT2D eigenvalue weighted by atomic mass is 10.0.